The van der Waals surface area contributed by atoms with E-state index in [1.165, 1.54) is 16.9 Å². The molecule has 8 heteroatoms. The average molecular weight is 373 g/mol. The Labute approximate surface area is 157 Å². The second kappa shape index (κ2) is 7.72. The molecular formula is C19H24FN5O2. The first-order valence-electron chi connectivity index (χ1n) is 9.60. The van der Waals surface area contributed by atoms with E-state index < -0.39 is 0 Å². The summed E-state index contributed by atoms with van der Waals surface area (Å²) in [6, 6.07) is 6.22. The van der Waals surface area contributed by atoms with Crippen LogP contribution in [0, 0.1) is 17.7 Å². The Balaban J connectivity index is 1.24. The number of hydrogen-bond acceptors (Lipinski definition) is 5. The number of tetrazole rings is 1. The van der Waals surface area contributed by atoms with Crippen molar-refractivity contribution in [1.82, 2.24) is 25.5 Å². The predicted octanol–water partition coefficient (Wildman–Crippen LogP) is 2.19. The van der Waals surface area contributed by atoms with Crippen molar-refractivity contribution in [2.45, 2.75) is 51.3 Å². The SMILES string of the molecule is CC[C@@H]1[C@@H](NC(=O)CCCn2nnc(-c3ccc(F)cc3)n2)[C@@H]2CCO[C@H]12. The van der Waals surface area contributed by atoms with Gasteiger partial charge >= 0.3 is 0 Å². The molecule has 1 saturated carbocycles. The number of nitrogens with zero attached hydrogens (tertiary/aromatic N) is 4. The lowest BCUT2D eigenvalue weighted by atomic mass is 9.65. The number of ether oxygens (including phenoxy) is 1. The molecule has 7 nitrogen and oxygen atoms in total. The summed E-state index contributed by atoms with van der Waals surface area (Å²) >= 11 is 0. The van der Waals surface area contributed by atoms with Gasteiger partial charge in [-0.3, -0.25) is 4.79 Å². The summed E-state index contributed by atoms with van der Waals surface area (Å²) in [7, 11) is 0. The Bertz CT molecular complexity index is 794. The van der Waals surface area contributed by atoms with Crippen LogP contribution in [0.5, 0.6) is 0 Å². The Kier molecular flexibility index (Phi) is 5.15. The Hall–Kier alpha value is -2.35. The number of halogens is 1. The molecule has 4 atom stereocenters. The number of rotatable bonds is 7. The van der Waals surface area contributed by atoms with E-state index in [1.807, 2.05) is 0 Å². The third-order valence-electron chi connectivity index (χ3n) is 5.64. The van der Waals surface area contributed by atoms with Crippen LogP contribution in [-0.2, 0) is 16.1 Å². The van der Waals surface area contributed by atoms with Crippen LogP contribution in [0.3, 0.4) is 0 Å². The summed E-state index contributed by atoms with van der Waals surface area (Å²) < 4.78 is 18.7. The number of amides is 1. The molecular weight excluding hydrogens is 349 g/mol. The first kappa shape index (κ1) is 18.0. The zero-order valence-electron chi connectivity index (χ0n) is 15.3. The highest BCUT2D eigenvalue weighted by molar-refractivity contribution is 5.76. The fraction of sp³-hybridized carbons (Fsp3) is 0.579. The van der Waals surface area contributed by atoms with Gasteiger partial charge in [0.1, 0.15) is 5.82 Å². The zero-order valence-corrected chi connectivity index (χ0v) is 15.3. The van der Waals surface area contributed by atoms with Crippen LogP contribution in [0.25, 0.3) is 11.4 Å². The number of nitrogens with one attached hydrogen (secondary N) is 1. The Morgan fingerprint density at radius 1 is 1.37 bits per heavy atom. The van der Waals surface area contributed by atoms with E-state index in [2.05, 4.69) is 27.7 Å². The molecule has 1 N–H and O–H groups in total. The van der Waals surface area contributed by atoms with Gasteiger partial charge < -0.3 is 10.1 Å². The summed E-state index contributed by atoms with van der Waals surface area (Å²) in [5.74, 6) is 1.14. The molecule has 1 aliphatic carbocycles. The van der Waals surface area contributed by atoms with Crippen LogP contribution in [0.2, 0.25) is 0 Å². The second-order valence-electron chi connectivity index (χ2n) is 7.27. The van der Waals surface area contributed by atoms with E-state index in [9.17, 15) is 9.18 Å². The van der Waals surface area contributed by atoms with Crippen LogP contribution in [0.1, 0.15) is 32.6 Å². The van der Waals surface area contributed by atoms with Gasteiger partial charge in [-0.1, -0.05) is 6.92 Å². The molecule has 0 radical (unpaired) electrons. The van der Waals surface area contributed by atoms with Gasteiger partial charge in [0, 0.05) is 36.5 Å². The van der Waals surface area contributed by atoms with E-state index in [-0.39, 0.29) is 17.8 Å². The van der Waals surface area contributed by atoms with E-state index in [0.717, 1.165) is 19.4 Å². The van der Waals surface area contributed by atoms with Crippen molar-refractivity contribution in [2.75, 3.05) is 6.61 Å². The smallest absolute Gasteiger partial charge is 0.220 e. The van der Waals surface area contributed by atoms with Crippen molar-refractivity contribution >= 4 is 5.91 Å². The van der Waals surface area contributed by atoms with Crippen molar-refractivity contribution in [3.05, 3.63) is 30.1 Å². The highest BCUT2D eigenvalue weighted by Crippen LogP contribution is 2.45. The van der Waals surface area contributed by atoms with Crippen LogP contribution in [-0.4, -0.2) is 44.9 Å². The highest BCUT2D eigenvalue weighted by atomic mass is 19.1. The topological polar surface area (TPSA) is 81.9 Å². The van der Waals surface area contributed by atoms with Gasteiger partial charge in [-0.2, -0.15) is 4.80 Å². The van der Waals surface area contributed by atoms with Gasteiger partial charge in [-0.05, 0) is 48.7 Å². The maximum absolute atomic E-state index is 13.0. The molecule has 1 aliphatic heterocycles. The van der Waals surface area contributed by atoms with Crippen molar-refractivity contribution in [3.63, 3.8) is 0 Å². The number of benzene rings is 1. The van der Waals surface area contributed by atoms with Gasteiger partial charge in [0.2, 0.25) is 11.7 Å². The number of hydrogen-bond donors (Lipinski definition) is 1. The van der Waals surface area contributed by atoms with Crippen LogP contribution < -0.4 is 5.32 Å². The zero-order chi connectivity index (χ0) is 18.8. The molecule has 1 saturated heterocycles. The molecule has 144 valence electrons. The molecule has 2 aromatic rings. The third-order valence-corrected chi connectivity index (χ3v) is 5.64. The molecule has 2 aliphatic rings. The molecule has 0 spiro atoms. The van der Waals surface area contributed by atoms with Gasteiger partial charge in [0.25, 0.3) is 0 Å². The predicted molar refractivity (Wildman–Crippen MR) is 96.0 cm³/mol. The Morgan fingerprint density at radius 3 is 2.96 bits per heavy atom. The van der Waals surface area contributed by atoms with Crippen molar-refractivity contribution < 1.29 is 13.9 Å². The van der Waals surface area contributed by atoms with E-state index in [4.69, 9.17) is 4.74 Å². The van der Waals surface area contributed by atoms with Gasteiger partial charge in [-0.15, -0.1) is 10.2 Å². The number of aryl methyl sites for hydroxylation is 1. The van der Waals surface area contributed by atoms with E-state index in [0.29, 0.717) is 48.7 Å². The van der Waals surface area contributed by atoms with Crippen LogP contribution >= 0.6 is 0 Å². The molecule has 2 fully saturated rings. The monoisotopic (exact) mass is 373 g/mol. The maximum atomic E-state index is 13.0. The van der Waals surface area contributed by atoms with Gasteiger partial charge in [0.15, 0.2) is 0 Å². The highest BCUT2D eigenvalue weighted by Gasteiger charge is 2.53. The summed E-state index contributed by atoms with van der Waals surface area (Å²) in [5.41, 5.74) is 0.712. The van der Waals surface area contributed by atoms with E-state index >= 15 is 0 Å². The lowest BCUT2D eigenvalue weighted by Crippen LogP contribution is -2.61. The number of carbonyl (C=O) groups is 1. The summed E-state index contributed by atoms with van der Waals surface area (Å²) in [5, 5.41) is 15.5. The second-order valence-corrected chi connectivity index (χ2v) is 7.27. The number of carbonyl (C=O) groups excluding carboxylic acids is 1. The largest absolute Gasteiger partial charge is 0.377 e. The van der Waals surface area contributed by atoms with Gasteiger partial charge in [0.05, 0.1) is 12.6 Å². The molecule has 1 amide bonds. The summed E-state index contributed by atoms with van der Waals surface area (Å²) in [6.45, 7) is 3.47. The first-order valence-corrected chi connectivity index (χ1v) is 9.60. The molecule has 1 aromatic heterocycles. The number of aromatic nitrogens is 4. The van der Waals surface area contributed by atoms with Crippen LogP contribution in [0.15, 0.2) is 24.3 Å². The fourth-order valence-corrected chi connectivity index (χ4v) is 4.22. The molecule has 2 heterocycles. The molecule has 4 rings (SSSR count). The fourth-order valence-electron chi connectivity index (χ4n) is 4.22. The molecule has 0 bridgehead atoms. The first-order chi connectivity index (χ1) is 13.2. The Morgan fingerprint density at radius 2 is 2.19 bits per heavy atom. The summed E-state index contributed by atoms with van der Waals surface area (Å²) in [6.07, 6.45) is 3.48. The third kappa shape index (κ3) is 3.71. The lowest BCUT2D eigenvalue weighted by molar-refractivity contribution is -0.127. The van der Waals surface area contributed by atoms with Gasteiger partial charge in [-0.25, -0.2) is 4.39 Å². The molecule has 0 unspecified atom stereocenters. The normalized spacial score (nSPS) is 26.4. The minimum absolute atomic E-state index is 0.0719. The van der Waals surface area contributed by atoms with Crippen molar-refractivity contribution in [2.24, 2.45) is 11.8 Å². The van der Waals surface area contributed by atoms with Crippen molar-refractivity contribution in [3.8, 4) is 11.4 Å². The maximum Gasteiger partial charge on any atom is 0.220 e. The quantitative estimate of drug-likeness (QED) is 0.805. The van der Waals surface area contributed by atoms with E-state index in [1.54, 1.807) is 12.1 Å². The van der Waals surface area contributed by atoms with Crippen molar-refractivity contribution in [1.29, 1.82) is 0 Å². The molecule has 1 aromatic carbocycles. The average Bonchev–Trinajstić information content (AvgIpc) is 3.29. The number of fused-ring (bicyclic) bond motifs is 1. The minimum atomic E-state index is -0.301. The minimum Gasteiger partial charge on any atom is -0.377 e. The summed E-state index contributed by atoms with van der Waals surface area (Å²) in [4.78, 5) is 13.8. The van der Waals surface area contributed by atoms with Crippen LogP contribution in [0.4, 0.5) is 4.39 Å². The molecule has 27 heavy (non-hydrogen) atoms. The standard InChI is InChI=1S/C19H24FN5O2/c1-2-14-17(15-9-11-27-18(14)15)21-16(26)4-3-10-25-23-19(22-24-25)12-5-7-13(20)8-6-12/h5-8,14-15,17-18H,2-4,9-11H2,1H3,(H,21,26)/t14-,15+,17-,18-/m1/s1. The lowest BCUT2D eigenvalue weighted by Gasteiger charge is -2.47.